The zero-order chi connectivity index (χ0) is 17.4. The molecule has 3 nitrogen and oxygen atoms in total. The predicted octanol–water partition coefficient (Wildman–Crippen LogP) is 4.12. The van der Waals surface area contributed by atoms with E-state index in [1.54, 1.807) is 35.2 Å². The molecule has 3 aromatic rings. The maximum Gasteiger partial charge on any atom is 0.268 e. The van der Waals surface area contributed by atoms with Crippen LogP contribution in [0.3, 0.4) is 0 Å². The zero-order valence-corrected chi connectivity index (χ0v) is 14.1. The van der Waals surface area contributed by atoms with Crippen molar-refractivity contribution in [2.24, 2.45) is 0 Å². The van der Waals surface area contributed by atoms with Gasteiger partial charge in [-0.05, 0) is 29.3 Å². The highest BCUT2D eigenvalue weighted by atomic mass is 35.5. The normalized spacial score (nSPS) is 19.1. The van der Waals surface area contributed by atoms with Gasteiger partial charge in [-0.2, -0.15) is 0 Å². The summed E-state index contributed by atoms with van der Waals surface area (Å²) in [6, 6.07) is 23.9. The van der Waals surface area contributed by atoms with E-state index < -0.39 is 5.60 Å². The summed E-state index contributed by atoms with van der Waals surface area (Å²) >= 11 is 5.96. The summed E-state index contributed by atoms with van der Waals surface area (Å²) in [6.45, 7) is 0.409. The Balaban J connectivity index is 1.82. The second-order valence-electron chi connectivity index (χ2n) is 6.11. The first kappa shape index (κ1) is 15.9. The van der Waals surface area contributed by atoms with Crippen LogP contribution in [-0.2, 0) is 16.9 Å². The molecular formula is C21H16ClNO2. The summed E-state index contributed by atoms with van der Waals surface area (Å²) in [7, 11) is 0. The molecule has 0 bridgehead atoms. The maximum absolute atomic E-state index is 13.2. The molecule has 0 aromatic heterocycles. The summed E-state index contributed by atoms with van der Waals surface area (Å²) in [5.74, 6) is -0.347. The van der Waals surface area contributed by atoms with Gasteiger partial charge in [0.05, 0.1) is 12.2 Å². The van der Waals surface area contributed by atoms with Crippen LogP contribution in [0.1, 0.15) is 16.7 Å². The second kappa shape index (κ2) is 6.03. The fourth-order valence-corrected chi connectivity index (χ4v) is 3.45. The van der Waals surface area contributed by atoms with Gasteiger partial charge in [-0.15, -0.1) is 0 Å². The number of para-hydroxylation sites is 1. The minimum absolute atomic E-state index is 0.347. The van der Waals surface area contributed by atoms with E-state index in [9.17, 15) is 9.90 Å². The molecule has 1 atom stereocenters. The van der Waals surface area contributed by atoms with Gasteiger partial charge in [-0.25, -0.2) is 0 Å². The SMILES string of the molecule is O=C1N(Cc2ccccc2)c2ccccc2C1(O)c1ccc(Cl)cc1. The standard InChI is InChI=1S/C21H16ClNO2/c22-17-12-10-16(11-13-17)21(25)18-8-4-5-9-19(18)23(20(21)24)14-15-6-2-1-3-7-15/h1-13,25H,14H2. The van der Waals surface area contributed by atoms with E-state index in [4.69, 9.17) is 11.6 Å². The highest BCUT2D eigenvalue weighted by molar-refractivity contribution is 6.30. The molecular weight excluding hydrogens is 334 g/mol. The van der Waals surface area contributed by atoms with Crippen molar-refractivity contribution in [1.82, 2.24) is 0 Å². The van der Waals surface area contributed by atoms with Gasteiger partial charge >= 0.3 is 0 Å². The van der Waals surface area contributed by atoms with Crippen LogP contribution in [0, 0.1) is 0 Å². The van der Waals surface area contributed by atoms with Gasteiger partial charge in [-0.3, -0.25) is 4.79 Å². The molecule has 1 unspecified atom stereocenters. The van der Waals surface area contributed by atoms with Crippen molar-refractivity contribution >= 4 is 23.2 Å². The predicted molar refractivity (Wildman–Crippen MR) is 98.5 cm³/mol. The van der Waals surface area contributed by atoms with Gasteiger partial charge in [0.2, 0.25) is 0 Å². The number of carbonyl (C=O) groups excluding carboxylic acids is 1. The maximum atomic E-state index is 13.2. The molecule has 1 aliphatic rings. The molecule has 0 aliphatic carbocycles. The van der Waals surface area contributed by atoms with Crippen molar-refractivity contribution in [2.45, 2.75) is 12.1 Å². The lowest BCUT2D eigenvalue weighted by Gasteiger charge is -2.24. The largest absolute Gasteiger partial charge is 0.372 e. The number of rotatable bonds is 3. The van der Waals surface area contributed by atoms with Crippen LogP contribution in [0.25, 0.3) is 0 Å². The lowest BCUT2D eigenvalue weighted by molar-refractivity contribution is -0.132. The molecule has 0 radical (unpaired) electrons. The Bertz CT molecular complexity index is 924. The Morgan fingerprint density at radius 3 is 2.24 bits per heavy atom. The molecule has 1 heterocycles. The first-order valence-corrected chi connectivity index (χ1v) is 8.42. The van der Waals surface area contributed by atoms with E-state index in [0.717, 1.165) is 11.3 Å². The Morgan fingerprint density at radius 2 is 1.52 bits per heavy atom. The van der Waals surface area contributed by atoms with Gasteiger partial charge in [0.25, 0.3) is 5.91 Å². The van der Waals surface area contributed by atoms with Crippen LogP contribution in [-0.4, -0.2) is 11.0 Å². The van der Waals surface area contributed by atoms with Crippen LogP contribution in [0.2, 0.25) is 5.02 Å². The van der Waals surface area contributed by atoms with Gasteiger partial charge in [0, 0.05) is 10.6 Å². The molecule has 3 aromatic carbocycles. The second-order valence-corrected chi connectivity index (χ2v) is 6.55. The quantitative estimate of drug-likeness (QED) is 0.772. The summed E-state index contributed by atoms with van der Waals surface area (Å²) in [5.41, 5.74) is 1.15. The molecule has 1 N–H and O–H groups in total. The Morgan fingerprint density at radius 1 is 0.880 bits per heavy atom. The molecule has 124 valence electrons. The van der Waals surface area contributed by atoms with Gasteiger partial charge in [0.15, 0.2) is 5.60 Å². The van der Waals surface area contributed by atoms with E-state index >= 15 is 0 Å². The van der Waals surface area contributed by atoms with Gasteiger partial charge in [-0.1, -0.05) is 72.3 Å². The number of fused-ring (bicyclic) bond motifs is 1. The number of hydrogen-bond donors (Lipinski definition) is 1. The Labute approximate surface area is 151 Å². The fraction of sp³-hybridized carbons (Fsp3) is 0.0952. The average Bonchev–Trinajstić information content (AvgIpc) is 2.86. The first-order chi connectivity index (χ1) is 12.1. The van der Waals surface area contributed by atoms with Crippen molar-refractivity contribution in [3.05, 3.63) is 101 Å². The molecule has 4 rings (SSSR count). The number of nitrogens with zero attached hydrogens (tertiary/aromatic N) is 1. The number of halogens is 1. The van der Waals surface area contributed by atoms with Crippen molar-refractivity contribution in [2.75, 3.05) is 4.90 Å². The third-order valence-corrected chi connectivity index (χ3v) is 4.84. The number of benzene rings is 3. The van der Waals surface area contributed by atoms with Crippen LogP contribution in [0.15, 0.2) is 78.9 Å². The molecule has 0 fully saturated rings. The first-order valence-electron chi connectivity index (χ1n) is 8.04. The molecule has 1 aliphatic heterocycles. The summed E-state index contributed by atoms with van der Waals surface area (Å²) in [5, 5.41) is 12.0. The molecule has 0 spiro atoms. The topological polar surface area (TPSA) is 40.5 Å². The third-order valence-electron chi connectivity index (χ3n) is 4.58. The van der Waals surface area contributed by atoms with E-state index in [1.807, 2.05) is 48.5 Å². The van der Waals surface area contributed by atoms with Crippen molar-refractivity contribution < 1.29 is 9.90 Å². The molecule has 4 heteroatoms. The fourth-order valence-electron chi connectivity index (χ4n) is 3.33. The third kappa shape index (κ3) is 2.53. The smallest absolute Gasteiger partial charge is 0.268 e. The minimum atomic E-state index is -1.70. The van der Waals surface area contributed by atoms with Crippen molar-refractivity contribution in [1.29, 1.82) is 0 Å². The van der Waals surface area contributed by atoms with E-state index in [1.165, 1.54) is 0 Å². The number of anilines is 1. The summed E-state index contributed by atoms with van der Waals surface area (Å²) in [4.78, 5) is 14.9. The molecule has 0 saturated carbocycles. The Hall–Kier alpha value is -2.62. The van der Waals surface area contributed by atoms with Crippen molar-refractivity contribution in [3.8, 4) is 0 Å². The molecule has 25 heavy (non-hydrogen) atoms. The van der Waals surface area contributed by atoms with Gasteiger partial charge in [0.1, 0.15) is 0 Å². The van der Waals surface area contributed by atoms with Gasteiger partial charge < -0.3 is 10.0 Å². The molecule has 0 saturated heterocycles. The van der Waals surface area contributed by atoms with E-state index in [0.29, 0.717) is 22.7 Å². The average molecular weight is 350 g/mol. The zero-order valence-electron chi connectivity index (χ0n) is 13.4. The number of carbonyl (C=O) groups is 1. The number of amides is 1. The van der Waals surface area contributed by atoms with Crippen molar-refractivity contribution in [3.63, 3.8) is 0 Å². The minimum Gasteiger partial charge on any atom is -0.372 e. The highest BCUT2D eigenvalue weighted by Gasteiger charge is 2.50. The van der Waals surface area contributed by atoms with E-state index in [-0.39, 0.29) is 5.91 Å². The highest BCUT2D eigenvalue weighted by Crippen LogP contribution is 2.45. The lowest BCUT2D eigenvalue weighted by Crippen LogP contribution is -2.40. The van der Waals surface area contributed by atoms with Crippen LogP contribution >= 0.6 is 11.6 Å². The molecule has 1 amide bonds. The monoisotopic (exact) mass is 349 g/mol. The summed E-state index contributed by atoms with van der Waals surface area (Å²) in [6.07, 6.45) is 0. The van der Waals surface area contributed by atoms with Crippen LogP contribution in [0.5, 0.6) is 0 Å². The number of hydrogen-bond acceptors (Lipinski definition) is 2. The Kier molecular flexibility index (Phi) is 3.83. The van der Waals surface area contributed by atoms with Crippen LogP contribution < -0.4 is 4.90 Å². The summed E-state index contributed by atoms with van der Waals surface area (Å²) < 4.78 is 0. The van der Waals surface area contributed by atoms with Crippen LogP contribution in [0.4, 0.5) is 5.69 Å². The van der Waals surface area contributed by atoms with E-state index in [2.05, 4.69) is 0 Å². The number of aliphatic hydroxyl groups is 1. The lowest BCUT2D eigenvalue weighted by atomic mass is 9.87.